The highest BCUT2D eigenvalue weighted by atomic mass is 35.5. The lowest BCUT2D eigenvalue weighted by atomic mass is 10.1. The molecule has 0 saturated carbocycles. The van der Waals surface area contributed by atoms with Crippen LogP contribution in [0.15, 0.2) is 24.3 Å². The minimum Gasteiger partial charge on any atom is -0.387 e. The molecule has 17 heavy (non-hydrogen) atoms. The van der Waals surface area contributed by atoms with Crippen molar-refractivity contribution in [2.45, 2.75) is 17.4 Å². The van der Waals surface area contributed by atoms with Crippen LogP contribution in [0, 0.1) is 12.3 Å². The molecule has 5 heteroatoms. The number of terminal acetylenes is 1. The van der Waals surface area contributed by atoms with Crippen molar-refractivity contribution in [2.24, 2.45) is 0 Å². The lowest BCUT2D eigenvalue weighted by Crippen LogP contribution is -2.18. The summed E-state index contributed by atoms with van der Waals surface area (Å²) in [7, 11) is 0. The summed E-state index contributed by atoms with van der Waals surface area (Å²) in [4.78, 5) is 10.1. The predicted molar refractivity (Wildman–Crippen MR) is 69.0 cm³/mol. The van der Waals surface area contributed by atoms with Crippen LogP contribution in [0.25, 0.3) is 0 Å². The van der Waals surface area contributed by atoms with Gasteiger partial charge < -0.3 is 10.4 Å². The molecule has 2 N–H and O–H groups in total. The number of hydrogen-bond donors (Lipinski definition) is 2. The Morgan fingerprint density at radius 1 is 1.41 bits per heavy atom. The van der Waals surface area contributed by atoms with E-state index in [0.717, 1.165) is 0 Å². The molecule has 1 rings (SSSR count). The van der Waals surface area contributed by atoms with Gasteiger partial charge in [0.1, 0.15) is 0 Å². The molecule has 1 aromatic carbocycles. The molecule has 90 valence electrons. The van der Waals surface area contributed by atoms with Gasteiger partial charge in [0.2, 0.25) is 0 Å². The van der Waals surface area contributed by atoms with Crippen LogP contribution in [-0.4, -0.2) is 15.8 Å². The molecule has 0 bridgehead atoms. The van der Waals surface area contributed by atoms with E-state index in [9.17, 15) is 9.90 Å². The van der Waals surface area contributed by atoms with Crippen molar-refractivity contribution in [3.8, 4) is 12.3 Å². The molecule has 1 aromatic rings. The summed E-state index contributed by atoms with van der Waals surface area (Å²) in [6.45, 7) is 0. The first-order valence-corrected chi connectivity index (χ1v) is 5.72. The van der Waals surface area contributed by atoms with Crippen molar-refractivity contribution >= 4 is 34.8 Å². The Kier molecular flexibility index (Phi) is 5.30. The Morgan fingerprint density at radius 2 is 2.00 bits per heavy atom. The maximum atomic E-state index is 11.2. The van der Waals surface area contributed by atoms with E-state index in [4.69, 9.17) is 29.6 Å². The molecule has 0 aliphatic carbocycles. The van der Waals surface area contributed by atoms with Crippen LogP contribution in [0.5, 0.6) is 0 Å². The standard InChI is InChI=1S/C12H11Cl2NO2/c1-2-3-10(16)8-4-6-9(7-5-8)15-12(17)11(13)14/h1,4-7,10-11,16H,3H2,(H,15,17). The lowest BCUT2D eigenvalue weighted by Gasteiger charge is -2.09. The smallest absolute Gasteiger partial charge is 0.257 e. The van der Waals surface area contributed by atoms with E-state index < -0.39 is 16.8 Å². The van der Waals surface area contributed by atoms with E-state index in [1.807, 2.05) is 0 Å². The fourth-order valence-corrected chi connectivity index (χ4v) is 1.32. The molecule has 1 atom stereocenters. The van der Waals surface area contributed by atoms with E-state index in [2.05, 4.69) is 11.2 Å². The van der Waals surface area contributed by atoms with Gasteiger partial charge in [-0.3, -0.25) is 4.79 Å². The summed E-state index contributed by atoms with van der Waals surface area (Å²) >= 11 is 10.8. The van der Waals surface area contributed by atoms with Gasteiger partial charge in [-0.15, -0.1) is 12.3 Å². The van der Waals surface area contributed by atoms with Crippen molar-refractivity contribution < 1.29 is 9.90 Å². The maximum Gasteiger partial charge on any atom is 0.257 e. The normalized spacial score (nSPS) is 11.9. The van der Waals surface area contributed by atoms with Crippen molar-refractivity contribution in [3.63, 3.8) is 0 Å². The van der Waals surface area contributed by atoms with Gasteiger partial charge in [0.05, 0.1) is 6.10 Å². The lowest BCUT2D eigenvalue weighted by molar-refractivity contribution is -0.114. The summed E-state index contributed by atoms with van der Waals surface area (Å²) < 4.78 is 0. The molecular weight excluding hydrogens is 261 g/mol. The number of carbonyl (C=O) groups excluding carboxylic acids is 1. The number of aliphatic hydroxyl groups excluding tert-OH is 1. The van der Waals surface area contributed by atoms with Gasteiger partial charge in [-0.25, -0.2) is 0 Å². The Hall–Kier alpha value is -1.21. The van der Waals surface area contributed by atoms with Crippen molar-refractivity contribution in [1.82, 2.24) is 0 Å². The molecule has 0 spiro atoms. The number of anilines is 1. The molecule has 0 radical (unpaired) electrons. The van der Waals surface area contributed by atoms with Crippen molar-refractivity contribution in [1.29, 1.82) is 0 Å². The second-order valence-corrected chi connectivity index (χ2v) is 4.43. The predicted octanol–water partition coefficient (Wildman–Crippen LogP) is 2.49. The zero-order chi connectivity index (χ0) is 12.8. The van der Waals surface area contributed by atoms with Crippen LogP contribution in [0.3, 0.4) is 0 Å². The summed E-state index contributed by atoms with van der Waals surface area (Å²) in [5, 5.41) is 12.1. The Morgan fingerprint density at radius 3 is 2.47 bits per heavy atom. The summed E-state index contributed by atoms with van der Waals surface area (Å²) in [6.07, 6.45) is 4.65. The average Bonchev–Trinajstić information content (AvgIpc) is 2.30. The van der Waals surface area contributed by atoms with E-state index in [1.165, 1.54) is 0 Å². The molecule has 1 amide bonds. The van der Waals surface area contributed by atoms with E-state index in [-0.39, 0.29) is 6.42 Å². The van der Waals surface area contributed by atoms with Crippen molar-refractivity contribution in [3.05, 3.63) is 29.8 Å². The fraction of sp³-hybridized carbons (Fsp3) is 0.250. The van der Waals surface area contributed by atoms with Gasteiger partial charge in [0.15, 0.2) is 4.84 Å². The van der Waals surface area contributed by atoms with Gasteiger partial charge >= 0.3 is 0 Å². The number of halogens is 2. The molecule has 0 saturated heterocycles. The number of aliphatic hydroxyl groups is 1. The number of amides is 1. The van der Waals surface area contributed by atoms with Crippen LogP contribution in [0.1, 0.15) is 18.1 Å². The number of rotatable bonds is 4. The first-order valence-electron chi connectivity index (χ1n) is 4.85. The SMILES string of the molecule is C#CCC(O)c1ccc(NC(=O)C(Cl)Cl)cc1. The van der Waals surface area contributed by atoms with Gasteiger partial charge in [-0.1, -0.05) is 35.3 Å². The Balaban J connectivity index is 2.69. The first kappa shape index (κ1) is 13.9. The highest BCUT2D eigenvalue weighted by molar-refractivity contribution is 6.54. The zero-order valence-electron chi connectivity index (χ0n) is 8.86. The highest BCUT2D eigenvalue weighted by Gasteiger charge is 2.11. The van der Waals surface area contributed by atoms with Crippen LogP contribution in [-0.2, 0) is 4.79 Å². The zero-order valence-corrected chi connectivity index (χ0v) is 10.4. The van der Waals surface area contributed by atoms with Gasteiger partial charge in [-0.05, 0) is 17.7 Å². The molecule has 0 aliphatic rings. The third-order valence-electron chi connectivity index (χ3n) is 2.07. The Bertz CT molecular complexity index is 423. The third-order valence-corrected chi connectivity index (χ3v) is 2.47. The average molecular weight is 272 g/mol. The van der Waals surface area contributed by atoms with Crippen LogP contribution < -0.4 is 5.32 Å². The minimum atomic E-state index is -1.11. The fourth-order valence-electron chi connectivity index (χ4n) is 1.21. The molecule has 3 nitrogen and oxygen atoms in total. The molecule has 0 aromatic heterocycles. The number of hydrogen-bond acceptors (Lipinski definition) is 2. The first-order chi connectivity index (χ1) is 8.04. The second kappa shape index (κ2) is 6.51. The van der Waals surface area contributed by atoms with Crippen LogP contribution in [0.4, 0.5) is 5.69 Å². The van der Waals surface area contributed by atoms with E-state index >= 15 is 0 Å². The summed E-state index contributed by atoms with van der Waals surface area (Å²) in [6, 6.07) is 6.64. The number of nitrogens with one attached hydrogen (secondary N) is 1. The summed E-state index contributed by atoms with van der Waals surface area (Å²) in [5.41, 5.74) is 1.24. The van der Waals surface area contributed by atoms with Gasteiger partial charge in [0, 0.05) is 12.1 Å². The molecule has 0 aliphatic heterocycles. The van der Waals surface area contributed by atoms with Gasteiger partial charge in [-0.2, -0.15) is 0 Å². The molecule has 0 fully saturated rings. The second-order valence-electron chi connectivity index (χ2n) is 3.34. The molecule has 1 unspecified atom stereocenters. The monoisotopic (exact) mass is 271 g/mol. The topological polar surface area (TPSA) is 49.3 Å². The van der Waals surface area contributed by atoms with Crippen LogP contribution in [0.2, 0.25) is 0 Å². The molecule has 0 heterocycles. The van der Waals surface area contributed by atoms with E-state index in [0.29, 0.717) is 11.3 Å². The highest BCUT2D eigenvalue weighted by Crippen LogP contribution is 2.19. The van der Waals surface area contributed by atoms with Crippen molar-refractivity contribution in [2.75, 3.05) is 5.32 Å². The number of carbonyl (C=O) groups is 1. The Labute approximate surface area is 110 Å². The maximum absolute atomic E-state index is 11.2. The third kappa shape index (κ3) is 4.27. The largest absolute Gasteiger partial charge is 0.387 e. The summed E-state index contributed by atoms with van der Waals surface area (Å²) in [5.74, 6) is 1.88. The molecular formula is C12H11Cl2NO2. The number of benzene rings is 1. The minimum absolute atomic E-state index is 0.247. The number of alkyl halides is 2. The van der Waals surface area contributed by atoms with Crippen LogP contribution >= 0.6 is 23.2 Å². The van der Waals surface area contributed by atoms with E-state index in [1.54, 1.807) is 24.3 Å². The van der Waals surface area contributed by atoms with Gasteiger partial charge in [0.25, 0.3) is 5.91 Å². The quantitative estimate of drug-likeness (QED) is 0.653.